The highest BCUT2D eigenvalue weighted by atomic mass is 35.5. The summed E-state index contributed by atoms with van der Waals surface area (Å²) < 4.78 is 7.58. The average Bonchev–Trinajstić information content (AvgIpc) is 3.02. The van der Waals surface area contributed by atoms with Gasteiger partial charge in [-0.1, -0.05) is 30.7 Å². The Labute approximate surface area is 175 Å². The minimum absolute atomic E-state index is 0.0763. The van der Waals surface area contributed by atoms with E-state index >= 15 is 0 Å². The Balaban J connectivity index is 1.98. The third-order valence-corrected chi connectivity index (χ3v) is 4.95. The molecule has 0 aliphatic heterocycles. The van der Waals surface area contributed by atoms with Crippen molar-refractivity contribution in [1.29, 1.82) is 0 Å². The lowest BCUT2D eigenvalue weighted by Crippen LogP contribution is -2.39. The molecule has 8 heteroatoms. The van der Waals surface area contributed by atoms with Crippen molar-refractivity contribution in [3.63, 3.8) is 0 Å². The van der Waals surface area contributed by atoms with Gasteiger partial charge >= 0.3 is 0 Å². The van der Waals surface area contributed by atoms with E-state index in [-0.39, 0.29) is 11.6 Å². The monoisotopic (exact) mass is 415 g/mol. The first-order valence-electron chi connectivity index (χ1n) is 9.51. The molecular weight excluding hydrogens is 390 g/mol. The zero-order chi connectivity index (χ0) is 21.2. The molecule has 3 rings (SSSR count). The van der Waals surface area contributed by atoms with Gasteiger partial charge in [-0.3, -0.25) is 4.79 Å². The number of anilines is 2. The van der Waals surface area contributed by atoms with Crippen molar-refractivity contribution >= 4 is 35.0 Å². The number of ether oxygens (including phenoxy) is 1. The van der Waals surface area contributed by atoms with Gasteiger partial charge in [0.1, 0.15) is 11.8 Å². The molecule has 0 aliphatic rings. The van der Waals surface area contributed by atoms with Crippen LogP contribution >= 0.6 is 11.6 Å². The molecular formula is C21H26ClN5O2. The lowest BCUT2D eigenvalue weighted by molar-refractivity contribution is -0.108. The van der Waals surface area contributed by atoms with Crippen molar-refractivity contribution in [1.82, 2.24) is 14.6 Å². The maximum Gasteiger partial charge on any atom is 0.214 e. The van der Waals surface area contributed by atoms with E-state index < -0.39 is 0 Å². The molecule has 0 saturated carbocycles. The molecule has 0 fully saturated rings. The molecule has 0 bridgehead atoms. The third kappa shape index (κ3) is 4.52. The Morgan fingerprint density at radius 1 is 1.34 bits per heavy atom. The highest BCUT2D eigenvalue weighted by molar-refractivity contribution is 6.35. The first kappa shape index (κ1) is 21.1. The normalized spacial score (nSPS) is 12.9. The summed E-state index contributed by atoms with van der Waals surface area (Å²) in [6, 6.07) is 9.40. The number of hydrogen-bond acceptors (Lipinski definition) is 5. The summed E-state index contributed by atoms with van der Waals surface area (Å²) in [6.07, 6.45) is 3.01. The molecule has 0 aliphatic carbocycles. The summed E-state index contributed by atoms with van der Waals surface area (Å²) in [4.78, 5) is 17.7. The number of halogens is 1. The van der Waals surface area contributed by atoms with Gasteiger partial charge in [-0.2, -0.15) is 5.10 Å². The number of carbonyl (C=O) groups is 1. The van der Waals surface area contributed by atoms with Crippen molar-refractivity contribution in [2.45, 2.75) is 45.8 Å². The number of nitrogens with two attached hydrogens (primary N) is 1. The Morgan fingerprint density at radius 3 is 2.76 bits per heavy atom. The summed E-state index contributed by atoms with van der Waals surface area (Å²) in [7, 11) is 0. The minimum Gasteiger partial charge on any atom is -0.382 e. The van der Waals surface area contributed by atoms with Crippen LogP contribution in [0.5, 0.6) is 0 Å². The number of fused-ring (bicyclic) bond motifs is 1. The average molecular weight is 416 g/mol. The molecule has 3 aromatic rings. The van der Waals surface area contributed by atoms with Crippen LogP contribution in [0, 0.1) is 0 Å². The van der Waals surface area contributed by atoms with E-state index in [4.69, 9.17) is 22.1 Å². The number of amides is 1. The van der Waals surface area contributed by atoms with Gasteiger partial charge in [0, 0.05) is 11.3 Å². The van der Waals surface area contributed by atoms with E-state index in [1.165, 1.54) is 6.33 Å². The summed E-state index contributed by atoms with van der Waals surface area (Å²) >= 11 is 6.36. The predicted octanol–water partition coefficient (Wildman–Crippen LogP) is 4.19. The molecule has 1 aromatic carbocycles. The summed E-state index contributed by atoms with van der Waals surface area (Å²) in [5.41, 5.74) is 8.64. The Bertz CT molecular complexity index is 1010. The van der Waals surface area contributed by atoms with Crippen molar-refractivity contribution in [3.8, 4) is 11.3 Å². The molecule has 29 heavy (non-hydrogen) atoms. The Hall–Kier alpha value is -2.64. The number of aromatic nitrogens is 3. The quantitative estimate of drug-likeness (QED) is 0.585. The van der Waals surface area contributed by atoms with E-state index in [0.717, 1.165) is 29.8 Å². The molecule has 2 N–H and O–H groups in total. The van der Waals surface area contributed by atoms with E-state index in [1.54, 1.807) is 15.5 Å². The fourth-order valence-electron chi connectivity index (χ4n) is 3.15. The van der Waals surface area contributed by atoms with Crippen molar-refractivity contribution < 1.29 is 9.53 Å². The van der Waals surface area contributed by atoms with Gasteiger partial charge in [-0.15, -0.1) is 0 Å². The van der Waals surface area contributed by atoms with E-state index in [2.05, 4.69) is 10.1 Å². The number of nitrogens with zero attached hydrogens (tertiary/aromatic N) is 4. The van der Waals surface area contributed by atoms with Crippen LogP contribution in [0.1, 0.15) is 34.1 Å². The second kappa shape index (κ2) is 8.39. The number of rotatable bonds is 7. The molecule has 0 unspecified atom stereocenters. The van der Waals surface area contributed by atoms with E-state index in [0.29, 0.717) is 23.0 Å². The molecule has 0 radical (unpaired) electrons. The Kier molecular flexibility index (Phi) is 6.10. The lowest BCUT2D eigenvalue weighted by atomic mass is 10.1. The van der Waals surface area contributed by atoms with Crippen molar-refractivity contribution in [3.05, 3.63) is 41.7 Å². The number of benzene rings is 1. The molecule has 2 aromatic heterocycles. The van der Waals surface area contributed by atoms with Crippen LogP contribution in [-0.2, 0) is 9.53 Å². The van der Waals surface area contributed by atoms with Crippen LogP contribution in [0.15, 0.2) is 36.7 Å². The standard InChI is InChI=1S/C21H26ClN5O2/c1-5-15(11-29-21(2,3)4)26(13-28)16-8-6-7-14(9-16)18-10-17(22)19-20(23)24-12-25-27(18)19/h6-10,12-13,15H,5,11H2,1-4H3,(H2,23,24,25)/t15-/m1/s1. The van der Waals surface area contributed by atoms with Gasteiger partial charge in [0.05, 0.1) is 29.0 Å². The lowest BCUT2D eigenvalue weighted by Gasteiger charge is -2.30. The number of hydrogen-bond donors (Lipinski definition) is 1. The minimum atomic E-state index is -0.273. The van der Waals surface area contributed by atoms with Gasteiger partial charge in [-0.25, -0.2) is 9.50 Å². The zero-order valence-corrected chi connectivity index (χ0v) is 17.8. The van der Waals surface area contributed by atoms with Crippen molar-refractivity contribution in [2.75, 3.05) is 17.2 Å². The first-order chi connectivity index (χ1) is 13.7. The smallest absolute Gasteiger partial charge is 0.214 e. The second-order valence-electron chi connectivity index (χ2n) is 7.83. The highest BCUT2D eigenvalue weighted by Gasteiger charge is 2.21. The molecule has 0 spiro atoms. The van der Waals surface area contributed by atoms with Gasteiger partial charge in [0.15, 0.2) is 5.82 Å². The summed E-state index contributed by atoms with van der Waals surface area (Å²) in [5.74, 6) is 0.312. The van der Waals surface area contributed by atoms with Gasteiger partial charge < -0.3 is 15.4 Å². The fourth-order valence-corrected chi connectivity index (χ4v) is 3.43. The van der Waals surface area contributed by atoms with Crippen LogP contribution in [-0.4, -0.2) is 39.3 Å². The number of carbonyl (C=O) groups excluding carboxylic acids is 1. The Morgan fingerprint density at radius 2 is 2.10 bits per heavy atom. The summed E-state index contributed by atoms with van der Waals surface area (Å²) in [6.45, 7) is 8.49. The zero-order valence-electron chi connectivity index (χ0n) is 17.1. The highest BCUT2D eigenvalue weighted by Crippen LogP contribution is 2.32. The maximum atomic E-state index is 11.9. The molecule has 1 atom stereocenters. The van der Waals surface area contributed by atoms with Crippen LogP contribution < -0.4 is 10.6 Å². The molecule has 154 valence electrons. The molecule has 7 nitrogen and oxygen atoms in total. The third-order valence-electron chi connectivity index (χ3n) is 4.66. The van der Waals surface area contributed by atoms with E-state index in [9.17, 15) is 4.79 Å². The van der Waals surface area contributed by atoms with Crippen LogP contribution in [0.3, 0.4) is 0 Å². The topological polar surface area (TPSA) is 85.8 Å². The maximum absolute atomic E-state index is 11.9. The van der Waals surface area contributed by atoms with Gasteiger partial charge in [-0.05, 0) is 45.4 Å². The van der Waals surface area contributed by atoms with Crippen molar-refractivity contribution in [2.24, 2.45) is 0 Å². The fraction of sp³-hybridized carbons (Fsp3) is 0.381. The second-order valence-corrected chi connectivity index (χ2v) is 8.24. The van der Waals surface area contributed by atoms with E-state index in [1.807, 2.05) is 52.0 Å². The number of nitrogen functional groups attached to an aromatic ring is 1. The molecule has 0 saturated heterocycles. The summed E-state index contributed by atoms with van der Waals surface area (Å²) in [5, 5.41) is 4.75. The van der Waals surface area contributed by atoms with Gasteiger partial charge in [0.25, 0.3) is 0 Å². The first-order valence-corrected chi connectivity index (χ1v) is 9.88. The van der Waals surface area contributed by atoms with Gasteiger partial charge in [0.2, 0.25) is 6.41 Å². The van der Waals surface area contributed by atoms with Crippen LogP contribution in [0.2, 0.25) is 5.02 Å². The molecule has 1 amide bonds. The van der Waals surface area contributed by atoms with Crippen LogP contribution in [0.4, 0.5) is 11.5 Å². The SMILES string of the molecule is CC[C@H](COC(C)(C)C)N(C=O)c1cccc(-c2cc(Cl)c3c(N)ncnn23)c1. The largest absolute Gasteiger partial charge is 0.382 e. The predicted molar refractivity (Wildman–Crippen MR) is 116 cm³/mol. The molecule has 2 heterocycles. The van der Waals surface area contributed by atoms with Crippen LogP contribution in [0.25, 0.3) is 16.8 Å².